The van der Waals surface area contributed by atoms with Gasteiger partial charge in [0, 0.05) is 23.5 Å². The highest BCUT2D eigenvalue weighted by molar-refractivity contribution is 6.07. The Morgan fingerprint density at radius 3 is 2.36 bits per heavy atom. The van der Waals surface area contributed by atoms with Gasteiger partial charge in [-0.1, -0.05) is 30.3 Å². The van der Waals surface area contributed by atoms with Gasteiger partial charge in [0.05, 0.1) is 11.4 Å². The second kappa shape index (κ2) is 5.03. The number of fused-ring (bicyclic) bond motifs is 4. The molecule has 0 bridgehead atoms. The van der Waals surface area contributed by atoms with E-state index in [0.29, 0.717) is 0 Å². The number of rotatable bonds is 1. The van der Waals surface area contributed by atoms with E-state index in [0.717, 1.165) is 11.2 Å². The van der Waals surface area contributed by atoms with E-state index >= 15 is 0 Å². The molecule has 2 heterocycles. The Morgan fingerprint density at radius 2 is 1.52 bits per heavy atom. The maximum Gasteiger partial charge on any atom is 0.135 e. The Labute approximate surface area is 147 Å². The molecule has 0 amide bonds. The number of furan rings is 1. The molecule has 1 aliphatic heterocycles. The molecule has 3 aromatic carbocycles. The van der Waals surface area contributed by atoms with Gasteiger partial charge in [0.2, 0.25) is 0 Å². The van der Waals surface area contributed by atoms with Crippen molar-refractivity contribution in [2.75, 3.05) is 16.8 Å². The van der Waals surface area contributed by atoms with Gasteiger partial charge in [0.1, 0.15) is 17.3 Å². The minimum Gasteiger partial charge on any atom is -0.456 e. The van der Waals surface area contributed by atoms with Crippen LogP contribution in [0.3, 0.4) is 0 Å². The normalized spacial score (nSPS) is 16.8. The largest absolute Gasteiger partial charge is 0.456 e. The van der Waals surface area contributed by atoms with E-state index in [2.05, 4.69) is 79.2 Å². The monoisotopic (exact) mass is 328 g/mol. The lowest BCUT2D eigenvalue weighted by molar-refractivity contribution is 0.668. The SMILES string of the molecule is Cc1cc2oc3ccccc3c2cc1N1c2ccccc2N(C)[C@@H]1C. The first-order chi connectivity index (χ1) is 12.1. The van der Waals surface area contributed by atoms with Crippen LogP contribution in [-0.4, -0.2) is 13.2 Å². The summed E-state index contributed by atoms with van der Waals surface area (Å²) in [6.07, 6.45) is 0.270. The summed E-state index contributed by atoms with van der Waals surface area (Å²) < 4.78 is 6.04. The minimum absolute atomic E-state index is 0.270. The van der Waals surface area contributed by atoms with Crippen molar-refractivity contribution in [2.45, 2.75) is 20.0 Å². The smallest absolute Gasteiger partial charge is 0.135 e. The summed E-state index contributed by atoms with van der Waals surface area (Å²) in [6, 6.07) is 21.3. The number of hydrogen-bond donors (Lipinski definition) is 0. The van der Waals surface area contributed by atoms with Crippen molar-refractivity contribution >= 4 is 39.0 Å². The molecule has 1 aromatic heterocycles. The number of aryl methyl sites for hydroxylation is 1. The van der Waals surface area contributed by atoms with Gasteiger partial charge in [-0.15, -0.1) is 0 Å². The standard InChI is InChI=1S/C22H20N2O/c1-14-12-22-17(16-8-4-7-11-21(16)25-22)13-20(14)24-15(2)23(3)18-9-5-6-10-19(18)24/h4-13,15H,1-3H3/t15-/m0/s1. The summed E-state index contributed by atoms with van der Waals surface area (Å²) in [5.74, 6) is 0. The van der Waals surface area contributed by atoms with Gasteiger partial charge >= 0.3 is 0 Å². The third-order valence-electron chi connectivity index (χ3n) is 5.41. The molecule has 1 atom stereocenters. The van der Waals surface area contributed by atoms with Gasteiger partial charge < -0.3 is 14.2 Å². The van der Waals surface area contributed by atoms with Crippen LogP contribution in [0.25, 0.3) is 21.9 Å². The van der Waals surface area contributed by atoms with Gasteiger partial charge in [-0.05, 0) is 49.7 Å². The summed E-state index contributed by atoms with van der Waals surface area (Å²) in [5.41, 5.74) is 6.89. The topological polar surface area (TPSA) is 19.6 Å². The van der Waals surface area contributed by atoms with Gasteiger partial charge in [0.15, 0.2) is 0 Å². The lowest BCUT2D eigenvalue weighted by Gasteiger charge is -2.29. The zero-order valence-corrected chi connectivity index (χ0v) is 14.7. The highest BCUT2D eigenvalue weighted by Crippen LogP contribution is 2.45. The molecule has 0 N–H and O–H groups in total. The van der Waals surface area contributed by atoms with E-state index in [9.17, 15) is 0 Å². The van der Waals surface area contributed by atoms with Crippen LogP contribution in [0, 0.1) is 6.92 Å². The highest BCUT2D eigenvalue weighted by atomic mass is 16.3. The molecular formula is C22H20N2O. The minimum atomic E-state index is 0.270. The lowest BCUT2D eigenvalue weighted by atomic mass is 10.1. The average molecular weight is 328 g/mol. The van der Waals surface area contributed by atoms with Crippen molar-refractivity contribution in [3.63, 3.8) is 0 Å². The Morgan fingerprint density at radius 1 is 0.800 bits per heavy atom. The average Bonchev–Trinajstić information content (AvgIpc) is 3.10. The number of benzene rings is 3. The second-order valence-electron chi connectivity index (χ2n) is 6.83. The molecule has 3 nitrogen and oxygen atoms in total. The second-order valence-corrected chi connectivity index (χ2v) is 6.83. The van der Waals surface area contributed by atoms with Crippen LogP contribution in [0.2, 0.25) is 0 Å². The summed E-state index contributed by atoms with van der Waals surface area (Å²) in [7, 11) is 2.16. The molecule has 0 saturated carbocycles. The molecule has 0 aliphatic carbocycles. The highest BCUT2D eigenvalue weighted by Gasteiger charge is 2.32. The number of para-hydroxylation sites is 3. The van der Waals surface area contributed by atoms with E-state index in [1.165, 1.54) is 33.4 Å². The molecule has 5 rings (SSSR count). The van der Waals surface area contributed by atoms with Crippen molar-refractivity contribution in [1.82, 2.24) is 0 Å². The quantitative estimate of drug-likeness (QED) is 0.438. The van der Waals surface area contributed by atoms with Crippen molar-refractivity contribution in [3.05, 3.63) is 66.2 Å². The molecular weight excluding hydrogens is 308 g/mol. The summed E-state index contributed by atoms with van der Waals surface area (Å²) in [5, 5.41) is 2.35. The van der Waals surface area contributed by atoms with Crippen LogP contribution in [0.1, 0.15) is 12.5 Å². The summed E-state index contributed by atoms with van der Waals surface area (Å²) >= 11 is 0. The first-order valence-electron chi connectivity index (χ1n) is 8.68. The summed E-state index contributed by atoms with van der Waals surface area (Å²) in [4.78, 5) is 4.75. The number of hydrogen-bond acceptors (Lipinski definition) is 3. The summed E-state index contributed by atoms with van der Waals surface area (Å²) in [6.45, 7) is 4.41. The van der Waals surface area contributed by atoms with E-state index in [4.69, 9.17) is 4.42 Å². The maximum absolute atomic E-state index is 6.04. The molecule has 0 radical (unpaired) electrons. The van der Waals surface area contributed by atoms with Crippen molar-refractivity contribution in [2.24, 2.45) is 0 Å². The number of anilines is 3. The Hall–Kier alpha value is -2.94. The molecule has 25 heavy (non-hydrogen) atoms. The molecule has 0 unspecified atom stereocenters. The van der Waals surface area contributed by atoms with Crippen molar-refractivity contribution in [1.29, 1.82) is 0 Å². The van der Waals surface area contributed by atoms with Gasteiger partial charge in [0.25, 0.3) is 0 Å². The predicted molar refractivity (Wildman–Crippen MR) is 105 cm³/mol. The van der Waals surface area contributed by atoms with Crippen LogP contribution in [0.5, 0.6) is 0 Å². The van der Waals surface area contributed by atoms with Crippen molar-refractivity contribution < 1.29 is 4.42 Å². The Balaban J connectivity index is 1.78. The lowest BCUT2D eigenvalue weighted by Crippen LogP contribution is -2.35. The predicted octanol–water partition coefficient (Wildman–Crippen LogP) is 5.83. The third-order valence-corrected chi connectivity index (χ3v) is 5.41. The van der Waals surface area contributed by atoms with Gasteiger partial charge in [-0.25, -0.2) is 0 Å². The molecule has 0 saturated heterocycles. The van der Waals surface area contributed by atoms with Gasteiger partial charge in [-0.2, -0.15) is 0 Å². The fourth-order valence-corrected chi connectivity index (χ4v) is 3.99. The molecule has 4 aromatic rings. The zero-order valence-electron chi connectivity index (χ0n) is 14.7. The Kier molecular flexibility index (Phi) is 2.90. The van der Waals surface area contributed by atoms with Gasteiger partial charge in [-0.3, -0.25) is 0 Å². The van der Waals surface area contributed by atoms with E-state index in [1.807, 2.05) is 12.1 Å². The fourth-order valence-electron chi connectivity index (χ4n) is 3.99. The van der Waals surface area contributed by atoms with Crippen LogP contribution >= 0.6 is 0 Å². The van der Waals surface area contributed by atoms with Crippen LogP contribution in [0.4, 0.5) is 17.1 Å². The first-order valence-corrected chi connectivity index (χ1v) is 8.68. The van der Waals surface area contributed by atoms with Crippen LogP contribution in [0.15, 0.2) is 65.1 Å². The molecule has 3 heteroatoms. The molecule has 0 spiro atoms. The zero-order chi connectivity index (χ0) is 17.1. The third kappa shape index (κ3) is 1.92. The Bertz CT molecular complexity index is 1110. The maximum atomic E-state index is 6.04. The number of nitrogens with zero attached hydrogens (tertiary/aromatic N) is 2. The molecule has 124 valence electrons. The van der Waals surface area contributed by atoms with E-state index in [1.54, 1.807) is 0 Å². The van der Waals surface area contributed by atoms with Crippen LogP contribution < -0.4 is 9.80 Å². The first kappa shape index (κ1) is 14.4. The fraction of sp³-hybridized carbons (Fsp3) is 0.182. The van der Waals surface area contributed by atoms with E-state index in [-0.39, 0.29) is 6.17 Å². The molecule has 1 aliphatic rings. The van der Waals surface area contributed by atoms with E-state index < -0.39 is 0 Å². The van der Waals surface area contributed by atoms with Crippen LogP contribution in [-0.2, 0) is 0 Å². The molecule has 0 fully saturated rings. The van der Waals surface area contributed by atoms with Crippen molar-refractivity contribution in [3.8, 4) is 0 Å².